The van der Waals surface area contributed by atoms with E-state index in [9.17, 15) is 8.42 Å². The third kappa shape index (κ3) is 3.84. The number of aromatic nitrogens is 4. The fourth-order valence-corrected chi connectivity index (χ4v) is 4.20. The molecule has 0 aliphatic heterocycles. The molecule has 20 heavy (non-hydrogen) atoms. The average molecular weight is 315 g/mol. The summed E-state index contributed by atoms with van der Waals surface area (Å²) in [6, 6.07) is 1.79. The lowest BCUT2D eigenvalue weighted by molar-refractivity contribution is 0.551. The number of nitrogens with zero attached hydrogens (tertiary/aromatic N) is 4. The fourth-order valence-electron chi connectivity index (χ4n) is 1.97. The molecule has 0 saturated heterocycles. The number of hydrogen-bond donors (Lipinski definition) is 1. The van der Waals surface area contributed by atoms with Gasteiger partial charge in [-0.3, -0.25) is 0 Å². The zero-order chi connectivity index (χ0) is 14.8. The van der Waals surface area contributed by atoms with Gasteiger partial charge in [-0.15, -0.1) is 16.4 Å². The van der Waals surface area contributed by atoms with Gasteiger partial charge >= 0.3 is 0 Å². The number of sulfonamides is 1. The molecular formula is C11H17N5O2S2. The summed E-state index contributed by atoms with van der Waals surface area (Å²) in [5.41, 5.74) is 1.03. The highest BCUT2D eigenvalue weighted by atomic mass is 32.2. The minimum Gasteiger partial charge on any atom is -0.231 e. The molecule has 0 fully saturated rings. The summed E-state index contributed by atoms with van der Waals surface area (Å²) in [5, 5.41) is 10.6. The monoisotopic (exact) mass is 315 g/mol. The first-order chi connectivity index (χ1) is 9.37. The predicted octanol–water partition coefficient (Wildman–Crippen LogP) is 1.03. The zero-order valence-corrected chi connectivity index (χ0v) is 13.2. The molecule has 7 nitrogen and oxygen atoms in total. The van der Waals surface area contributed by atoms with Crippen molar-refractivity contribution in [1.82, 2.24) is 24.9 Å². The van der Waals surface area contributed by atoms with Crippen LogP contribution in [0.25, 0.3) is 0 Å². The topological polar surface area (TPSA) is 89.8 Å². The molecule has 0 aliphatic rings. The molecule has 1 unspecified atom stereocenters. The van der Waals surface area contributed by atoms with E-state index in [-0.39, 0.29) is 18.3 Å². The summed E-state index contributed by atoms with van der Waals surface area (Å²) in [4.78, 5) is 2.32. The summed E-state index contributed by atoms with van der Waals surface area (Å²) in [6.07, 6.45) is 1.39. The number of hydrogen-bond acceptors (Lipinski definition) is 6. The van der Waals surface area contributed by atoms with Crippen LogP contribution in [0.15, 0.2) is 12.4 Å². The molecule has 1 N–H and O–H groups in total. The first kappa shape index (κ1) is 15.1. The Hall–Kier alpha value is -1.32. The Balaban J connectivity index is 1.99. The summed E-state index contributed by atoms with van der Waals surface area (Å²) >= 11 is 1.67. The lowest BCUT2D eigenvalue weighted by Crippen LogP contribution is -2.31. The minimum atomic E-state index is -3.37. The van der Waals surface area contributed by atoms with Crippen LogP contribution in [0.3, 0.4) is 0 Å². The molecule has 0 bridgehead atoms. The maximum Gasteiger partial charge on any atom is 0.213 e. The summed E-state index contributed by atoms with van der Waals surface area (Å²) in [6.45, 7) is 6.10. The minimum absolute atomic E-state index is 0.0510. The van der Waals surface area contributed by atoms with Crippen molar-refractivity contribution in [2.24, 2.45) is 0 Å². The Morgan fingerprint density at radius 3 is 2.75 bits per heavy atom. The molecule has 2 rings (SSSR count). The van der Waals surface area contributed by atoms with Crippen LogP contribution in [0.1, 0.15) is 28.3 Å². The molecule has 2 heterocycles. The van der Waals surface area contributed by atoms with E-state index >= 15 is 0 Å². The molecule has 0 spiro atoms. The Morgan fingerprint density at radius 2 is 2.20 bits per heavy atom. The highest BCUT2D eigenvalue weighted by Gasteiger charge is 2.18. The standard InChI is InChI=1S/C11H17N5O2S2/c1-8-6-11(10(3)19-8)9(2)13-20(17,18)5-4-16-7-12-14-15-16/h6-7,9,13H,4-5H2,1-3H3. The lowest BCUT2D eigenvalue weighted by atomic mass is 10.1. The quantitative estimate of drug-likeness (QED) is 0.860. The highest BCUT2D eigenvalue weighted by molar-refractivity contribution is 7.89. The van der Waals surface area contributed by atoms with Crippen molar-refractivity contribution in [2.45, 2.75) is 33.4 Å². The molecule has 2 aromatic heterocycles. The van der Waals surface area contributed by atoms with Gasteiger partial charge in [0, 0.05) is 15.8 Å². The third-order valence-corrected chi connectivity index (χ3v) is 5.30. The smallest absolute Gasteiger partial charge is 0.213 e. The van der Waals surface area contributed by atoms with Crippen molar-refractivity contribution < 1.29 is 8.42 Å². The Bertz CT molecular complexity index is 663. The second-order valence-corrected chi connectivity index (χ2v) is 7.93. The molecule has 9 heteroatoms. The van der Waals surface area contributed by atoms with Crippen molar-refractivity contribution in [3.8, 4) is 0 Å². The van der Waals surface area contributed by atoms with Gasteiger partial charge in [-0.25, -0.2) is 17.8 Å². The Labute approximate surface area is 122 Å². The SMILES string of the molecule is Cc1cc(C(C)NS(=O)(=O)CCn2cnnn2)c(C)s1. The van der Waals surface area contributed by atoms with Gasteiger partial charge in [0.15, 0.2) is 0 Å². The van der Waals surface area contributed by atoms with Gasteiger partial charge in [-0.2, -0.15) is 0 Å². The molecular weight excluding hydrogens is 298 g/mol. The van der Waals surface area contributed by atoms with Crippen LogP contribution in [0.5, 0.6) is 0 Å². The molecule has 0 aromatic carbocycles. The number of tetrazole rings is 1. The highest BCUT2D eigenvalue weighted by Crippen LogP contribution is 2.26. The maximum atomic E-state index is 12.0. The van der Waals surface area contributed by atoms with E-state index in [1.807, 2.05) is 26.8 Å². The van der Waals surface area contributed by atoms with Crippen LogP contribution in [0, 0.1) is 13.8 Å². The predicted molar refractivity (Wildman–Crippen MR) is 76.9 cm³/mol. The summed E-state index contributed by atoms with van der Waals surface area (Å²) in [5.74, 6) is -0.0510. The summed E-state index contributed by atoms with van der Waals surface area (Å²) in [7, 11) is -3.37. The van der Waals surface area contributed by atoms with Crippen LogP contribution in [0.4, 0.5) is 0 Å². The number of nitrogens with one attached hydrogen (secondary N) is 1. The van der Waals surface area contributed by atoms with Gasteiger partial charge in [0.1, 0.15) is 6.33 Å². The zero-order valence-electron chi connectivity index (χ0n) is 11.6. The second kappa shape index (κ2) is 5.98. The van der Waals surface area contributed by atoms with Gasteiger partial charge in [0.05, 0.1) is 12.3 Å². The van der Waals surface area contributed by atoms with Gasteiger partial charge in [-0.05, 0) is 42.8 Å². The van der Waals surface area contributed by atoms with Crippen LogP contribution in [0.2, 0.25) is 0 Å². The molecule has 1 atom stereocenters. The normalized spacial score (nSPS) is 13.6. The van der Waals surface area contributed by atoms with E-state index in [1.165, 1.54) is 15.9 Å². The van der Waals surface area contributed by atoms with Crippen molar-refractivity contribution in [3.05, 3.63) is 27.7 Å². The molecule has 110 valence electrons. The van der Waals surface area contributed by atoms with Crippen LogP contribution >= 0.6 is 11.3 Å². The van der Waals surface area contributed by atoms with Gasteiger partial charge < -0.3 is 0 Å². The fraction of sp³-hybridized carbons (Fsp3) is 0.545. The van der Waals surface area contributed by atoms with E-state index in [2.05, 4.69) is 20.2 Å². The third-order valence-electron chi connectivity index (χ3n) is 2.88. The number of rotatable bonds is 6. The van der Waals surface area contributed by atoms with Crippen molar-refractivity contribution in [2.75, 3.05) is 5.75 Å². The summed E-state index contributed by atoms with van der Waals surface area (Å²) < 4.78 is 28.2. The molecule has 0 saturated carbocycles. The van der Waals surface area contributed by atoms with Gasteiger partial charge in [0.25, 0.3) is 0 Å². The van der Waals surface area contributed by atoms with Crippen LogP contribution in [-0.4, -0.2) is 34.4 Å². The van der Waals surface area contributed by atoms with E-state index in [0.29, 0.717) is 0 Å². The number of aryl methyl sites for hydroxylation is 3. The van der Waals surface area contributed by atoms with Crippen LogP contribution in [-0.2, 0) is 16.6 Å². The second-order valence-electron chi connectivity index (χ2n) is 4.60. The van der Waals surface area contributed by atoms with Crippen molar-refractivity contribution in [3.63, 3.8) is 0 Å². The Kier molecular flexibility index (Phi) is 4.51. The Morgan fingerprint density at radius 1 is 1.45 bits per heavy atom. The molecule has 0 radical (unpaired) electrons. The largest absolute Gasteiger partial charge is 0.231 e. The van der Waals surface area contributed by atoms with E-state index in [1.54, 1.807) is 11.3 Å². The average Bonchev–Trinajstić information content (AvgIpc) is 2.95. The molecule has 0 amide bonds. The van der Waals surface area contributed by atoms with Gasteiger partial charge in [-0.1, -0.05) is 0 Å². The lowest BCUT2D eigenvalue weighted by Gasteiger charge is -2.14. The molecule has 2 aromatic rings. The molecule has 0 aliphatic carbocycles. The first-order valence-electron chi connectivity index (χ1n) is 6.15. The van der Waals surface area contributed by atoms with Crippen molar-refractivity contribution >= 4 is 21.4 Å². The first-order valence-corrected chi connectivity index (χ1v) is 8.62. The number of thiophene rings is 1. The maximum absolute atomic E-state index is 12.0. The van der Waals surface area contributed by atoms with Gasteiger partial charge in [0.2, 0.25) is 10.0 Å². The van der Waals surface area contributed by atoms with E-state index in [4.69, 9.17) is 0 Å². The van der Waals surface area contributed by atoms with Crippen LogP contribution < -0.4 is 4.72 Å². The van der Waals surface area contributed by atoms with Crippen molar-refractivity contribution in [1.29, 1.82) is 0 Å². The van der Waals surface area contributed by atoms with E-state index < -0.39 is 10.0 Å². The van der Waals surface area contributed by atoms with E-state index in [0.717, 1.165) is 10.4 Å².